The van der Waals surface area contributed by atoms with E-state index in [9.17, 15) is 13.2 Å². The van der Waals surface area contributed by atoms with Crippen LogP contribution in [0.3, 0.4) is 0 Å². The number of sulfone groups is 1. The quantitative estimate of drug-likeness (QED) is 0.539. The van der Waals surface area contributed by atoms with Crippen molar-refractivity contribution in [1.29, 1.82) is 0 Å². The van der Waals surface area contributed by atoms with Crippen LogP contribution < -0.4 is 5.32 Å². The summed E-state index contributed by atoms with van der Waals surface area (Å²) in [5.74, 6) is -0.250. The second-order valence-corrected chi connectivity index (χ2v) is 9.63. The molecule has 1 N–H and O–H groups in total. The van der Waals surface area contributed by atoms with Gasteiger partial charge in [-0.25, -0.2) is 8.42 Å². The molecule has 1 amide bonds. The Kier molecular flexibility index (Phi) is 5.61. The van der Waals surface area contributed by atoms with E-state index in [1.165, 1.54) is 12.1 Å². The number of halogens is 1. The van der Waals surface area contributed by atoms with E-state index in [4.69, 9.17) is 4.42 Å². The van der Waals surface area contributed by atoms with Gasteiger partial charge in [-0.15, -0.1) is 5.10 Å². The Morgan fingerprint density at radius 3 is 2.56 bits per heavy atom. The first-order chi connectivity index (χ1) is 12.8. The molecule has 7 nitrogen and oxygen atoms in total. The molecule has 0 aliphatic heterocycles. The summed E-state index contributed by atoms with van der Waals surface area (Å²) >= 11 is 2.06. The third-order valence-electron chi connectivity index (χ3n) is 3.79. The highest BCUT2D eigenvalue weighted by Crippen LogP contribution is 2.25. The average Bonchev–Trinajstić information content (AvgIpc) is 3.10. The summed E-state index contributed by atoms with van der Waals surface area (Å²) in [5.41, 5.74) is 0.946. The maximum absolute atomic E-state index is 12.3. The summed E-state index contributed by atoms with van der Waals surface area (Å²) < 4.78 is 30.9. The molecule has 1 heterocycles. The molecule has 0 radical (unpaired) electrons. The number of carbonyl (C=O) groups excluding carboxylic acids is 1. The number of aromatic nitrogens is 2. The zero-order valence-electron chi connectivity index (χ0n) is 14.5. The number of carbonyl (C=O) groups is 1. The fourth-order valence-corrected chi connectivity index (χ4v) is 4.01. The van der Waals surface area contributed by atoms with Gasteiger partial charge < -0.3 is 4.42 Å². The van der Waals surface area contributed by atoms with Gasteiger partial charge in [0.1, 0.15) is 0 Å². The molecule has 0 bridgehead atoms. The van der Waals surface area contributed by atoms with Crippen LogP contribution in [0.4, 0.5) is 6.01 Å². The Balaban J connectivity index is 1.84. The van der Waals surface area contributed by atoms with E-state index >= 15 is 0 Å². The SMILES string of the molecule is CC(C)S(=O)(=O)c1cccc(-c2nnc(NC(=O)c3ccccc3I)o2)c1. The second kappa shape index (κ2) is 7.77. The first-order valence-electron chi connectivity index (χ1n) is 8.03. The molecule has 9 heteroatoms. The Labute approximate surface area is 170 Å². The van der Waals surface area contributed by atoms with Gasteiger partial charge in [0, 0.05) is 9.13 Å². The highest BCUT2D eigenvalue weighted by atomic mass is 127. The fraction of sp³-hybridized carbons (Fsp3) is 0.167. The lowest BCUT2D eigenvalue weighted by Crippen LogP contribution is -2.13. The molecule has 3 aromatic rings. The molecule has 2 aromatic carbocycles. The topological polar surface area (TPSA) is 102 Å². The van der Waals surface area contributed by atoms with Crippen LogP contribution >= 0.6 is 22.6 Å². The first kappa shape index (κ1) is 19.5. The number of rotatable bonds is 5. The highest BCUT2D eigenvalue weighted by molar-refractivity contribution is 14.1. The minimum absolute atomic E-state index is 0.0632. The van der Waals surface area contributed by atoms with E-state index in [1.54, 1.807) is 38.1 Å². The number of anilines is 1. The molecule has 0 aliphatic carbocycles. The predicted molar refractivity (Wildman–Crippen MR) is 109 cm³/mol. The summed E-state index contributed by atoms with van der Waals surface area (Å²) in [6.07, 6.45) is 0. The lowest BCUT2D eigenvalue weighted by atomic mass is 10.2. The molecule has 0 atom stereocenters. The van der Waals surface area contributed by atoms with Gasteiger partial charge in [0.2, 0.25) is 5.89 Å². The molecule has 1 aromatic heterocycles. The van der Waals surface area contributed by atoms with Crippen molar-refractivity contribution in [3.05, 3.63) is 57.7 Å². The number of hydrogen-bond acceptors (Lipinski definition) is 6. The van der Waals surface area contributed by atoms with Crippen molar-refractivity contribution in [2.75, 3.05) is 5.32 Å². The van der Waals surface area contributed by atoms with E-state index in [0.29, 0.717) is 11.1 Å². The smallest absolute Gasteiger partial charge is 0.322 e. The Bertz CT molecular complexity index is 1090. The number of hydrogen-bond donors (Lipinski definition) is 1. The molecule has 0 saturated heterocycles. The lowest BCUT2D eigenvalue weighted by molar-refractivity contribution is 0.102. The van der Waals surface area contributed by atoms with E-state index in [-0.39, 0.29) is 22.7 Å². The zero-order valence-corrected chi connectivity index (χ0v) is 17.5. The fourth-order valence-electron chi connectivity index (χ4n) is 2.28. The minimum Gasteiger partial charge on any atom is -0.403 e. The maximum Gasteiger partial charge on any atom is 0.322 e. The van der Waals surface area contributed by atoms with Crippen LogP contribution in [0, 0.1) is 3.57 Å². The van der Waals surface area contributed by atoms with Crippen LogP contribution in [0.15, 0.2) is 57.8 Å². The summed E-state index contributed by atoms with van der Waals surface area (Å²) in [7, 11) is -3.42. The van der Waals surface area contributed by atoms with Gasteiger partial charge in [0.25, 0.3) is 5.91 Å². The van der Waals surface area contributed by atoms with Crippen LogP contribution in [-0.4, -0.2) is 29.8 Å². The number of nitrogens with zero attached hydrogens (tertiary/aromatic N) is 2. The van der Waals surface area contributed by atoms with Crippen LogP contribution in [0.5, 0.6) is 0 Å². The molecule has 27 heavy (non-hydrogen) atoms. The van der Waals surface area contributed by atoms with Gasteiger partial charge in [-0.2, -0.15) is 0 Å². The molecule has 0 saturated carbocycles. The number of amides is 1. The molecule has 0 fully saturated rings. The van der Waals surface area contributed by atoms with Crippen molar-refractivity contribution >= 4 is 44.3 Å². The molecule has 0 spiro atoms. The number of benzene rings is 2. The second-order valence-electron chi connectivity index (χ2n) is 5.97. The van der Waals surface area contributed by atoms with Gasteiger partial charge >= 0.3 is 6.01 Å². The van der Waals surface area contributed by atoms with Crippen molar-refractivity contribution < 1.29 is 17.6 Å². The molecule has 3 rings (SSSR count). The third kappa shape index (κ3) is 4.19. The van der Waals surface area contributed by atoms with E-state index in [1.807, 2.05) is 12.1 Å². The van der Waals surface area contributed by atoms with Crippen molar-refractivity contribution in [1.82, 2.24) is 10.2 Å². The van der Waals surface area contributed by atoms with Gasteiger partial charge in [-0.05, 0) is 66.8 Å². The Morgan fingerprint density at radius 2 is 1.85 bits per heavy atom. The first-order valence-corrected chi connectivity index (χ1v) is 10.7. The van der Waals surface area contributed by atoms with Crippen molar-refractivity contribution in [2.24, 2.45) is 0 Å². The molecular weight excluding hydrogens is 481 g/mol. The van der Waals surface area contributed by atoms with Crippen molar-refractivity contribution in [3.8, 4) is 11.5 Å². The average molecular weight is 497 g/mol. The normalized spacial score (nSPS) is 11.6. The van der Waals surface area contributed by atoms with Crippen LogP contribution in [0.25, 0.3) is 11.5 Å². The zero-order chi connectivity index (χ0) is 19.6. The molecular formula is C18H16IN3O4S. The standard InChI is InChI=1S/C18H16IN3O4S/c1-11(2)27(24,25)13-7-5-6-12(10-13)17-21-22-18(26-17)20-16(23)14-8-3-4-9-15(14)19/h3-11H,1-2H3,(H,20,22,23). The summed E-state index contributed by atoms with van der Waals surface area (Å²) in [6.45, 7) is 3.24. The van der Waals surface area contributed by atoms with E-state index in [2.05, 4.69) is 38.1 Å². The molecule has 0 unspecified atom stereocenters. The van der Waals surface area contributed by atoms with Gasteiger partial charge in [-0.3, -0.25) is 10.1 Å². The van der Waals surface area contributed by atoms with Crippen molar-refractivity contribution in [3.63, 3.8) is 0 Å². The summed E-state index contributed by atoms with van der Waals surface area (Å²) in [6, 6.07) is 13.3. The van der Waals surface area contributed by atoms with Crippen LogP contribution in [0.2, 0.25) is 0 Å². The van der Waals surface area contributed by atoms with Crippen LogP contribution in [-0.2, 0) is 9.84 Å². The lowest BCUT2D eigenvalue weighted by Gasteiger charge is -2.08. The summed E-state index contributed by atoms with van der Waals surface area (Å²) in [4.78, 5) is 12.5. The maximum atomic E-state index is 12.3. The monoisotopic (exact) mass is 497 g/mol. The molecule has 140 valence electrons. The highest BCUT2D eigenvalue weighted by Gasteiger charge is 2.21. The van der Waals surface area contributed by atoms with Gasteiger partial charge in [0.15, 0.2) is 9.84 Å². The van der Waals surface area contributed by atoms with Crippen molar-refractivity contribution in [2.45, 2.75) is 24.0 Å². The number of nitrogens with one attached hydrogen (secondary N) is 1. The minimum atomic E-state index is -3.42. The predicted octanol–water partition coefficient (Wildman–Crippen LogP) is 3.78. The van der Waals surface area contributed by atoms with Crippen LogP contribution in [0.1, 0.15) is 24.2 Å². The third-order valence-corrected chi connectivity index (χ3v) is 6.89. The van der Waals surface area contributed by atoms with E-state index < -0.39 is 15.1 Å². The van der Waals surface area contributed by atoms with E-state index in [0.717, 1.165) is 3.57 Å². The van der Waals surface area contributed by atoms with Gasteiger partial charge in [-0.1, -0.05) is 23.3 Å². The Morgan fingerprint density at radius 1 is 1.11 bits per heavy atom. The summed E-state index contributed by atoms with van der Waals surface area (Å²) in [5, 5.41) is 9.72. The molecule has 0 aliphatic rings. The van der Waals surface area contributed by atoms with Gasteiger partial charge in [0.05, 0.1) is 15.7 Å². The largest absolute Gasteiger partial charge is 0.403 e. The Hall–Kier alpha value is -2.27.